The summed E-state index contributed by atoms with van der Waals surface area (Å²) in [6.45, 7) is 1.24. The molecule has 6 heteroatoms. The zero-order valence-corrected chi connectivity index (χ0v) is 15.1. The smallest absolute Gasteiger partial charge is 0.321 e. The van der Waals surface area contributed by atoms with Crippen LogP contribution in [0.25, 0.3) is 0 Å². The Kier molecular flexibility index (Phi) is 4.96. The zero-order valence-electron chi connectivity index (χ0n) is 15.1. The molecule has 0 aromatic heterocycles. The number of piperidine rings is 1. The monoisotopic (exact) mass is 365 g/mol. The van der Waals surface area contributed by atoms with E-state index in [2.05, 4.69) is 10.6 Å². The lowest BCUT2D eigenvalue weighted by Gasteiger charge is -2.32. The highest BCUT2D eigenvalue weighted by molar-refractivity contribution is 5.89. The fraction of sp³-hybridized carbons (Fsp3) is 0.333. The first kappa shape index (κ1) is 17.4. The predicted octanol–water partition coefficient (Wildman–Crippen LogP) is 2.80. The number of benzene rings is 2. The maximum absolute atomic E-state index is 12.5. The molecule has 0 radical (unpaired) electrons. The molecule has 1 unspecified atom stereocenters. The van der Waals surface area contributed by atoms with Crippen LogP contribution in [0.15, 0.2) is 54.6 Å². The molecule has 0 aliphatic carbocycles. The normalized spacial score (nSPS) is 19.1. The van der Waals surface area contributed by atoms with Crippen LogP contribution in [0.3, 0.4) is 0 Å². The van der Waals surface area contributed by atoms with Gasteiger partial charge in [-0.1, -0.05) is 36.4 Å². The third-order valence-electron chi connectivity index (χ3n) is 5.09. The van der Waals surface area contributed by atoms with Crippen molar-refractivity contribution >= 4 is 17.6 Å². The SMILES string of the molecule is O=C(NC1CCN(C(=O)Nc2ccccc2)CC1)C1Cc2ccccc2O1. The number of para-hydroxylation sites is 2. The number of hydrogen-bond acceptors (Lipinski definition) is 3. The highest BCUT2D eigenvalue weighted by atomic mass is 16.5. The quantitative estimate of drug-likeness (QED) is 0.879. The number of likely N-dealkylation sites (tertiary alicyclic amines) is 1. The molecule has 0 spiro atoms. The molecule has 1 fully saturated rings. The van der Waals surface area contributed by atoms with Crippen molar-refractivity contribution in [1.82, 2.24) is 10.2 Å². The van der Waals surface area contributed by atoms with Gasteiger partial charge in [-0.15, -0.1) is 0 Å². The zero-order chi connectivity index (χ0) is 18.6. The van der Waals surface area contributed by atoms with Gasteiger partial charge in [-0.3, -0.25) is 4.79 Å². The van der Waals surface area contributed by atoms with E-state index in [0.717, 1.165) is 29.8 Å². The summed E-state index contributed by atoms with van der Waals surface area (Å²) in [5.74, 6) is 0.725. The van der Waals surface area contributed by atoms with Crippen molar-refractivity contribution in [1.29, 1.82) is 0 Å². The van der Waals surface area contributed by atoms with Crippen molar-refractivity contribution in [3.8, 4) is 5.75 Å². The average Bonchev–Trinajstić information content (AvgIpc) is 3.14. The van der Waals surface area contributed by atoms with Gasteiger partial charge in [0.2, 0.25) is 0 Å². The van der Waals surface area contributed by atoms with Gasteiger partial charge >= 0.3 is 6.03 Å². The largest absolute Gasteiger partial charge is 0.480 e. The number of anilines is 1. The van der Waals surface area contributed by atoms with Gasteiger partial charge in [0.05, 0.1) is 0 Å². The number of fused-ring (bicyclic) bond motifs is 1. The number of carbonyl (C=O) groups is 2. The number of hydrogen-bond donors (Lipinski definition) is 2. The maximum atomic E-state index is 12.5. The number of carbonyl (C=O) groups excluding carboxylic acids is 2. The van der Waals surface area contributed by atoms with E-state index in [1.807, 2.05) is 54.6 Å². The Bertz CT molecular complexity index is 791. The van der Waals surface area contributed by atoms with Crippen LogP contribution in [-0.4, -0.2) is 42.1 Å². The molecule has 2 aromatic carbocycles. The summed E-state index contributed by atoms with van der Waals surface area (Å²) in [7, 11) is 0. The molecule has 2 aromatic rings. The summed E-state index contributed by atoms with van der Waals surface area (Å²) >= 11 is 0. The van der Waals surface area contributed by atoms with Crippen LogP contribution in [0, 0.1) is 0 Å². The highest BCUT2D eigenvalue weighted by Gasteiger charge is 2.31. The Morgan fingerprint density at radius 1 is 0.963 bits per heavy atom. The summed E-state index contributed by atoms with van der Waals surface area (Å²) in [4.78, 5) is 26.6. The predicted molar refractivity (Wildman–Crippen MR) is 103 cm³/mol. The number of rotatable bonds is 3. The van der Waals surface area contributed by atoms with E-state index in [9.17, 15) is 9.59 Å². The lowest BCUT2D eigenvalue weighted by atomic mass is 10.0. The minimum absolute atomic E-state index is 0.0709. The number of amides is 3. The van der Waals surface area contributed by atoms with Crippen LogP contribution in [-0.2, 0) is 11.2 Å². The Labute approximate surface area is 158 Å². The summed E-state index contributed by atoms with van der Waals surface area (Å²) in [5, 5.41) is 5.98. The van der Waals surface area contributed by atoms with Crippen LogP contribution in [0.4, 0.5) is 10.5 Å². The molecule has 1 atom stereocenters. The molecular weight excluding hydrogens is 342 g/mol. The standard InChI is InChI=1S/C21H23N3O3/c25-20(19-14-15-6-4-5-9-18(15)27-19)22-17-10-12-24(13-11-17)21(26)23-16-7-2-1-3-8-16/h1-9,17,19H,10-14H2,(H,22,25)(H,23,26). The molecule has 2 aliphatic rings. The van der Waals surface area contributed by atoms with Crippen molar-refractivity contribution in [2.24, 2.45) is 0 Å². The summed E-state index contributed by atoms with van der Waals surface area (Å²) in [6, 6.07) is 17.2. The Hall–Kier alpha value is -3.02. The first-order valence-electron chi connectivity index (χ1n) is 9.35. The van der Waals surface area contributed by atoms with Crippen LogP contribution < -0.4 is 15.4 Å². The van der Waals surface area contributed by atoms with Gasteiger partial charge in [-0.2, -0.15) is 0 Å². The van der Waals surface area contributed by atoms with E-state index in [-0.39, 0.29) is 18.0 Å². The minimum atomic E-state index is -0.457. The van der Waals surface area contributed by atoms with Crippen molar-refractivity contribution in [3.05, 3.63) is 60.2 Å². The fourth-order valence-corrected chi connectivity index (χ4v) is 3.57. The van der Waals surface area contributed by atoms with Gasteiger partial charge in [0.1, 0.15) is 5.75 Å². The van der Waals surface area contributed by atoms with Gasteiger partial charge in [0.25, 0.3) is 5.91 Å². The minimum Gasteiger partial charge on any atom is -0.480 e. The molecule has 1 saturated heterocycles. The first-order chi connectivity index (χ1) is 13.2. The third-order valence-corrected chi connectivity index (χ3v) is 5.09. The summed E-state index contributed by atoms with van der Waals surface area (Å²) < 4.78 is 5.75. The Morgan fingerprint density at radius 3 is 2.41 bits per heavy atom. The van der Waals surface area contributed by atoms with Gasteiger partial charge in [-0.05, 0) is 36.6 Å². The lowest BCUT2D eigenvalue weighted by Crippen LogP contribution is -2.50. The lowest BCUT2D eigenvalue weighted by molar-refractivity contribution is -0.128. The summed E-state index contributed by atoms with van der Waals surface area (Å²) in [6.07, 6.45) is 1.64. The number of ether oxygens (including phenoxy) is 1. The van der Waals surface area contributed by atoms with E-state index in [0.29, 0.717) is 19.5 Å². The van der Waals surface area contributed by atoms with Crippen LogP contribution in [0.2, 0.25) is 0 Å². The molecule has 140 valence electrons. The van der Waals surface area contributed by atoms with E-state index in [4.69, 9.17) is 4.74 Å². The van der Waals surface area contributed by atoms with Crippen LogP contribution in [0.5, 0.6) is 5.75 Å². The van der Waals surface area contributed by atoms with Crippen molar-refractivity contribution in [2.75, 3.05) is 18.4 Å². The van der Waals surface area contributed by atoms with Crippen LogP contribution >= 0.6 is 0 Å². The fourth-order valence-electron chi connectivity index (χ4n) is 3.57. The maximum Gasteiger partial charge on any atom is 0.321 e. The molecule has 27 heavy (non-hydrogen) atoms. The second kappa shape index (κ2) is 7.70. The molecule has 3 amide bonds. The van der Waals surface area contributed by atoms with Crippen molar-refractivity contribution in [3.63, 3.8) is 0 Å². The molecule has 2 heterocycles. The Balaban J connectivity index is 1.24. The van der Waals surface area contributed by atoms with Crippen molar-refractivity contribution < 1.29 is 14.3 Å². The second-order valence-corrected chi connectivity index (χ2v) is 6.98. The van der Waals surface area contributed by atoms with Gasteiger partial charge in [-0.25, -0.2) is 4.79 Å². The molecule has 4 rings (SSSR count). The van der Waals surface area contributed by atoms with E-state index in [1.54, 1.807) is 4.90 Å². The van der Waals surface area contributed by atoms with E-state index in [1.165, 1.54) is 0 Å². The molecule has 6 nitrogen and oxygen atoms in total. The molecular formula is C21H23N3O3. The number of nitrogens with one attached hydrogen (secondary N) is 2. The molecule has 2 aliphatic heterocycles. The first-order valence-corrected chi connectivity index (χ1v) is 9.35. The van der Waals surface area contributed by atoms with Gasteiger partial charge < -0.3 is 20.3 Å². The third kappa shape index (κ3) is 4.05. The van der Waals surface area contributed by atoms with Gasteiger partial charge in [0, 0.05) is 31.2 Å². The average molecular weight is 365 g/mol. The van der Waals surface area contributed by atoms with E-state index >= 15 is 0 Å². The Morgan fingerprint density at radius 2 is 1.67 bits per heavy atom. The number of nitrogens with zero attached hydrogens (tertiary/aromatic N) is 1. The highest BCUT2D eigenvalue weighted by Crippen LogP contribution is 2.28. The molecule has 0 bridgehead atoms. The van der Waals surface area contributed by atoms with Gasteiger partial charge in [0.15, 0.2) is 6.10 Å². The molecule has 2 N–H and O–H groups in total. The molecule has 0 saturated carbocycles. The topological polar surface area (TPSA) is 70.7 Å². The van der Waals surface area contributed by atoms with Crippen LogP contribution in [0.1, 0.15) is 18.4 Å². The summed E-state index contributed by atoms with van der Waals surface area (Å²) in [5.41, 5.74) is 1.86. The van der Waals surface area contributed by atoms with E-state index < -0.39 is 6.10 Å². The second-order valence-electron chi connectivity index (χ2n) is 6.98. The number of urea groups is 1. The van der Waals surface area contributed by atoms with Crippen molar-refractivity contribution in [2.45, 2.75) is 31.4 Å².